The van der Waals surface area contributed by atoms with Crippen molar-refractivity contribution in [2.24, 2.45) is 9.98 Å². The van der Waals surface area contributed by atoms with Gasteiger partial charge in [0.25, 0.3) is 0 Å². The fraction of sp³-hybridized carbons (Fsp3) is 0.0385. The second-order valence-corrected chi connectivity index (χ2v) is 17.3. The molecule has 0 N–H and O–H groups in total. The molecule has 11 aromatic rings. The van der Waals surface area contributed by atoms with E-state index in [2.05, 4.69) is 9.98 Å². The first-order valence-electron chi connectivity index (χ1n) is 20.1. The van der Waals surface area contributed by atoms with E-state index in [1.807, 2.05) is 109 Å². The summed E-state index contributed by atoms with van der Waals surface area (Å²) in [6.45, 7) is -0.150. The van der Waals surface area contributed by atoms with Crippen molar-refractivity contribution < 1.29 is 19.1 Å². The Morgan fingerprint density at radius 3 is 1.05 bits per heavy atom. The van der Waals surface area contributed by atoms with Crippen molar-refractivity contribution in [2.75, 3.05) is 0 Å². The fourth-order valence-corrected chi connectivity index (χ4v) is 10.4. The van der Waals surface area contributed by atoms with E-state index in [9.17, 15) is 28.8 Å². The Labute approximate surface area is 367 Å². The lowest BCUT2D eigenvalue weighted by Gasteiger charge is -2.11. The highest BCUT2D eigenvalue weighted by molar-refractivity contribution is 7.25. The molecule has 0 bridgehead atoms. The zero-order valence-corrected chi connectivity index (χ0v) is 34.9. The van der Waals surface area contributed by atoms with Gasteiger partial charge >= 0.3 is 11.9 Å². The van der Waals surface area contributed by atoms with Gasteiger partial charge in [-0.3, -0.25) is 19.2 Å². The number of nitrogens with zero attached hydrogens (tertiary/aromatic N) is 2. The quantitative estimate of drug-likeness (QED) is 0.138. The normalized spacial score (nSPS) is 11.6. The van der Waals surface area contributed by atoms with Crippen LogP contribution in [0, 0.1) is 0 Å². The third-order valence-electron chi connectivity index (χ3n) is 11.3. The number of hydrogen-bond donors (Lipinski definition) is 0. The average molecular weight is 873 g/mol. The number of thiophene rings is 2. The molecule has 0 unspecified atom stereocenters. The first kappa shape index (κ1) is 38.8. The molecule has 0 aliphatic rings. The molecular weight excluding hydrogens is 845 g/mol. The summed E-state index contributed by atoms with van der Waals surface area (Å²) in [4.78, 5) is 93.4. The molecule has 0 aliphatic heterocycles. The van der Waals surface area contributed by atoms with Gasteiger partial charge < -0.3 is 9.47 Å². The maximum Gasteiger partial charge on any atom is 0.340 e. The van der Waals surface area contributed by atoms with Gasteiger partial charge in [0, 0.05) is 32.3 Å². The first-order chi connectivity index (χ1) is 31.2. The molecule has 0 fully saturated rings. The van der Waals surface area contributed by atoms with Crippen molar-refractivity contribution in [3.8, 4) is 0 Å². The van der Waals surface area contributed by atoms with Crippen LogP contribution < -0.4 is 32.4 Å². The van der Waals surface area contributed by atoms with Crippen molar-refractivity contribution in [3.05, 3.63) is 219 Å². The van der Waals surface area contributed by atoms with E-state index in [1.54, 1.807) is 36.4 Å². The predicted molar refractivity (Wildman–Crippen MR) is 252 cm³/mol. The minimum absolute atomic E-state index is 0.0666. The van der Waals surface area contributed by atoms with Crippen LogP contribution in [0.4, 0.5) is 10.0 Å². The predicted octanol–water partition coefficient (Wildman–Crippen LogP) is 9.10. The summed E-state index contributed by atoms with van der Waals surface area (Å²) < 4.78 is 12.4. The van der Waals surface area contributed by atoms with Gasteiger partial charge in [-0.1, -0.05) is 109 Å². The molecule has 0 saturated carbocycles. The van der Waals surface area contributed by atoms with Gasteiger partial charge in [0.2, 0.25) is 21.7 Å². The van der Waals surface area contributed by atoms with Gasteiger partial charge in [-0.25, -0.2) is 19.6 Å². The molecule has 64 heavy (non-hydrogen) atoms. The molecule has 9 aromatic carbocycles. The molecule has 306 valence electrons. The van der Waals surface area contributed by atoms with Gasteiger partial charge in [0.05, 0.1) is 20.5 Å². The molecule has 0 spiro atoms. The molecule has 0 radical (unpaired) electrons. The van der Waals surface area contributed by atoms with Crippen LogP contribution in [-0.2, 0) is 22.7 Å². The van der Waals surface area contributed by atoms with Crippen molar-refractivity contribution in [3.63, 3.8) is 0 Å². The average Bonchev–Trinajstić information content (AvgIpc) is 4.05. The lowest BCUT2D eigenvalue weighted by Crippen LogP contribution is -2.31. The minimum Gasteiger partial charge on any atom is -0.457 e. The van der Waals surface area contributed by atoms with E-state index in [1.165, 1.54) is 0 Å². The van der Waals surface area contributed by atoms with Crippen LogP contribution in [0.15, 0.2) is 175 Å². The van der Waals surface area contributed by atoms with Crippen LogP contribution in [-0.4, -0.2) is 11.9 Å². The summed E-state index contributed by atoms with van der Waals surface area (Å²) >= 11 is 2.01. The molecule has 2 heterocycles. The number of esters is 2. The van der Waals surface area contributed by atoms with Gasteiger partial charge in [-0.15, -0.1) is 22.7 Å². The second kappa shape index (κ2) is 15.4. The second-order valence-electron chi connectivity index (χ2n) is 15.3. The number of fused-ring (bicyclic) bond motifs is 6. The molecule has 12 heteroatoms. The van der Waals surface area contributed by atoms with Crippen molar-refractivity contribution in [1.29, 1.82) is 0 Å². The summed E-state index contributed by atoms with van der Waals surface area (Å²) in [5, 5.41) is 4.45. The Balaban J connectivity index is 1.15. The Morgan fingerprint density at radius 1 is 0.406 bits per heavy atom. The highest BCUT2D eigenvalue weighted by Crippen LogP contribution is 2.46. The molecule has 10 nitrogen and oxygen atoms in total. The summed E-state index contributed by atoms with van der Waals surface area (Å²) in [5.74, 6) is -1.47. The van der Waals surface area contributed by atoms with Gasteiger partial charge in [-0.2, -0.15) is 0 Å². The summed E-state index contributed by atoms with van der Waals surface area (Å²) in [6, 6.07) is 42.9. The number of carbonyl (C=O) groups excluding carboxylic acids is 2. The van der Waals surface area contributed by atoms with Gasteiger partial charge in [0.15, 0.2) is 10.7 Å². The Bertz CT molecular complexity index is 3640. The number of carbonyl (C=O) groups is 2. The highest BCUT2D eigenvalue weighted by Gasteiger charge is 2.29. The Hall–Kier alpha value is -8.06. The molecular formula is C52H28N2O8S2. The van der Waals surface area contributed by atoms with Crippen LogP contribution in [0.3, 0.4) is 0 Å². The summed E-state index contributed by atoms with van der Waals surface area (Å²) in [7, 11) is 0. The van der Waals surface area contributed by atoms with E-state index in [0.29, 0.717) is 0 Å². The lowest BCUT2D eigenvalue weighted by molar-refractivity contribution is 0.0465. The minimum atomic E-state index is -0.736. The van der Waals surface area contributed by atoms with E-state index in [0.717, 1.165) is 55.3 Å². The fourth-order valence-electron chi connectivity index (χ4n) is 8.22. The zero-order chi connectivity index (χ0) is 43.6. The van der Waals surface area contributed by atoms with Crippen LogP contribution >= 0.6 is 22.7 Å². The Morgan fingerprint density at radius 2 is 0.719 bits per heavy atom. The molecule has 0 aliphatic carbocycles. The molecule has 0 saturated heterocycles. The summed E-state index contributed by atoms with van der Waals surface area (Å²) in [6.07, 6.45) is 0. The maximum absolute atomic E-state index is 14.5. The van der Waals surface area contributed by atoms with Crippen molar-refractivity contribution in [1.82, 2.24) is 0 Å². The molecule has 11 rings (SSSR count). The zero-order valence-electron chi connectivity index (χ0n) is 33.2. The topological polar surface area (TPSA) is 146 Å². The lowest BCUT2D eigenvalue weighted by atomic mass is 10.0. The van der Waals surface area contributed by atoms with E-state index < -0.39 is 33.7 Å². The standard InChI is InChI=1S/C52H28N2O8S2/c55-45-33-19-29-15-7-8-16-30(29)20-34(33)46(56)43(45)53-39-23-37-41(51(59)61-25-27-11-3-1-4-12-27)49-38(42(50(37)64-39)52(60)62-26-28-13-5-2-6-14-28)24-40(63-49)54-44-47(57)35-21-31-17-9-10-18-32(31)22-36(35)48(44)58/h1-24H,25-26H2. The van der Waals surface area contributed by atoms with Crippen molar-refractivity contribution >= 4 is 108 Å². The number of rotatable bonds is 8. The smallest absolute Gasteiger partial charge is 0.340 e. The van der Waals surface area contributed by atoms with Crippen molar-refractivity contribution in [2.45, 2.75) is 13.2 Å². The Kier molecular flexibility index (Phi) is 9.33. The number of benzene rings is 7. The maximum atomic E-state index is 14.5. The molecule has 0 amide bonds. The monoisotopic (exact) mass is 872 g/mol. The van der Waals surface area contributed by atoms with Crippen LogP contribution in [0.5, 0.6) is 0 Å². The largest absolute Gasteiger partial charge is 0.457 e. The third-order valence-corrected chi connectivity index (χ3v) is 13.4. The van der Waals surface area contributed by atoms with Gasteiger partial charge in [-0.05, 0) is 69.1 Å². The van der Waals surface area contributed by atoms with Crippen LogP contribution in [0.1, 0.15) is 31.8 Å². The molecule has 2 aromatic heterocycles. The SMILES string of the molecule is O=C(OCc1ccccc1)c1c2cc(N=c3c(=O)c4cc5ccccc5cc4c3=O)sc2c(C(=O)OCc2ccccc2)c2cc(N=c3c(=O)c4cc5ccccc5cc4c3=O)sc12. The number of ether oxygens (including phenoxy) is 2. The van der Waals surface area contributed by atoms with E-state index >= 15 is 0 Å². The van der Waals surface area contributed by atoms with Crippen LogP contribution in [0.25, 0.3) is 63.3 Å². The highest BCUT2D eigenvalue weighted by atomic mass is 32.1. The van der Waals surface area contributed by atoms with Crippen LogP contribution in [0.2, 0.25) is 0 Å². The van der Waals surface area contributed by atoms with E-state index in [4.69, 9.17) is 9.47 Å². The van der Waals surface area contributed by atoms with Gasteiger partial charge in [0.1, 0.15) is 23.2 Å². The molecule has 0 atom stereocenters. The summed E-state index contributed by atoms with van der Waals surface area (Å²) in [5.41, 5.74) is -0.553. The first-order valence-corrected chi connectivity index (χ1v) is 21.7. The number of hydrogen-bond acceptors (Lipinski definition) is 12. The third kappa shape index (κ3) is 6.55. The van der Waals surface area contributed by atoms with E-state index in [-0.39, 0.29) is 86.8 Å².